The van der Waals surface area contributed by atoms with Crippen molar-refractivity contribution in [3.05, 3.63) is 52.1 Å². The quantitative estimate of drug-likeness (QED) is 0.634. The summed E-state index contributed by atoms with van der Waals surface area (Å²) in [6, 6.07) is 9.97. The van der Waals surface area contributed by atoms with Gasteiger partial charge in [-0.15, -0.1) is 0 Å². The van der Waals surface area contributed by atoms with Crippen LogP contribution < -0.4 is 10.6 Å². The second-order valence-electron chi connectivity index (χ2n) is 6.11. The lowest BCUT2D eigenvalue weighted by Gasteiger charge is -2.14. The van der Waals surface area contributed by atoms with Crippen LogP contribution in [0.25, 0.3) is 0 Å². The zero-order valence-electron chi connectivity index (χ0n) is 14.0. The summed E-state index contributed by atoms with van der Waals surface area (Å²) in [5.41, 5.74) is 3.50. The van der Waals surface area contributed by atoms with Gasteiger partial charge in [-0.05, 0) is 67.1 Å². The fourth-order valence-electron chi connectivity index (χ4n) is 2.88. The van der Waals surface area contributed by atoms with Crippen LogP contribution in [0.2, 0.25) is 0 Å². The van der Waals surface area contributed by atoms with Gasteiger partial charge in [0.05, 0.1) is 5.69 Å². The van der Waals surface area contributed by atoms with Crippen LogP contribution in [0.1, 0.15) is 37.8 Å². The average Bonchev–Trinajstić information content (AvgIpc) is 2.57. The Morgan fingerprint density at radius 3 is 2.83 bits per heavy atom. The molecule has 1 aromatic heterocycles. The van der Waals surface area contributed by atoms with Gasteiger partial charge < -0.3 is 10.6 Å². The third-order valence-electron chi connectivity index (χ3n) is 4.11. The maximum absolute atomic E-state index is 4.58. The smallest absolute Gasteiger partial charge is 0.224 e. The molecule has 5 heteroatoms. The number of para-hydroxylation sites is 1. The lowest BCUT2D eigenvalue weighted by atomic mass is 9.97. The molecule has 1 aliphatic rings. The molecule has 4 nitrogen and oxygen atoms in total. The van der Waals surface area contributed by atoms with Gasteiger partial charge in [0, 0.05) is 22.8 Å². The van der Waals surface area contributed by atoms with E-state index in [9.17, 15) is 0 Å². The van der Waals surface area contributed by atoms with Gasteiger partial charge in [0.1, 0.15) is 5.82 Å². The number of benzene rings is 1. The number of aromatic nitrogens is 2. The van der Waals surface area contributed by atoms with Crippen LogP contribution in [-0.2, 0) is 0 Å². The summed E-state index contributed by atoms with van der Waals surface area (Å²) in [4.78, 5) is 9.07. The summed E-state index contributed by atoms with van der Waals surface area (Å²) in [7, 11) is 0. The fraction of sp³-hybridized carbons (Fsp3) is 0.368. The Hall–Kier alpha value is -1.88. The molecular weight excluding hydrogens is 364 g/mol. The topological polar surface area (TPSA) is 49.8 Å². The molecule has 2 aromatic rings. The minimum absolute atomic E-state index is 0.681. The number of rotatable bonds is 6. The summed E-state index contributed by atoms with van der Waals surface area (Å²) >= 11 is 3.55. The molecule has 24 heavy (non-hydrogen) atoms. The zero-order chi connectivity index (χ0) is 16.8. The van der Waals surface area contributed by atoms with Crippen LogP contribution in [0.5, 0.6) is 0 Å². The van der Waals surface area contributed by atoms with E-state index in [1.165, 1.54) is 25.7 Å². The van der Waals surface area contributed by atoms with E-state index < -0.39 is 0 Å². The van der Waals surface area contributed by atoms with Crippen molar-refractivity contribution in [1.29, 1.82) is 0 Å². The largest absolute Gasteiger partial charge is 0.354 e. The Balaban J connectivity index is 1.63. The number of halogens is 1. The van der Waals surface area contributed by atoms with Gasteiger partial charge in [0.2, 0.25) is 5.95 Å². The zero-order valence-corrected chi connectivity index (χ0v) is 15.6. The van der Waals surface area contributed by atoms with Crippen LogP contribution in [0.3, 0.4) is 0 Å². The molecule has 1 aromatic carbocycles. The Kier molecular flexibility index (Phi) is 5.86. The van der Waals surface area contributed by atoms with Crippen molar-refractivity contribution in [3.63, 3.8) is 0 Å². The molecule has 2 N–H and O–H groups in total. The fourth-order valence-corrected chi connectivity index (χ4v) is 3.26. The number of hydrogen-bond acceptors (Lipinski definition) is 4. The van der Waals surface area contributed by atoms with Gasteiger partial charge in [-0.2, -0.15) is 4.98 Å². The molecule has 0 bridgehead atoms. The Morgan fingerprint density at radius 2 is 2.04 bits per heavy atom. The second-order valence-corrected chi connectivity index (χ2v) is 6.96. The molecule has 0 saturated heterocycles. The third kappa shape index (κ3) is 4.81. The van der Waals surface area contributed by atoms with Crippen molar-refractivity contribution in [1.82, 2.24) is 9.97 Å². The first-order chi connectivity index (χ1) is 11.7. The minimum atomic E-state index is 0.681. The van der Waals surface area contributed by atoms with E-state index in [1.807, 2.05) is 37.3 Å². The van der Waals surface area contributed by atoms with E-state index in [-0.39, 0.29) is 0 Å². The van der Waals surface area contributed by atoms with E-state index >= 15 is 0 Å². The van der Waals surface area contributed by atoms with Crippen LogP contribution in [0.15, 0.2) is 46.5 Å². The SMILES string of the molecule is Cc1cc(Nc2ccccc2Br)nc(NCCC2=CCCCC2)n1. The van der Waals surface area contributed by atoms with Gasteiger partial charge in [0.15, 0.2) is 0 Å². The van der Waals surface area contributed by atoms with Crippen LogP contribution in [0, 0.1) is 6.92 Å². The van der Waals surface area contributed by atoms with Gasteiger partial charge in [-0.1, -0.05) is 23.8 Å². The highest BCUT2D eigenvalue weighted by Gasteiger charge is 2.06. The first-order valence-electron chi connectivity index (χ1n) is 8.50. The molecule has 0 atom stereocenters. The molecular formula is C19H23BrN4. The predicted octanol–water partition coefficient (Wildman–Crippen LogP) is 5.59. The summed E-state index contributed by atoms with van der Waals surface area (Å²) in [5, 5.41) is 6.70. The van der Waals surface area contributed by atoms with Crippen molar-refractivity contribution < 1.29 is 0 Å². The Labute approximate surface area is 151 Å². The normalized spacial score (nSPS) is 14.2. The maximum Gasteiger partial charge on any atom is 0.224 e. The highest BCUT2D eigenvalue weighted by atomic mass is 79.9. The predicted molar refractivity (Wildman–Crippen MR) is 104 cm³/mol. The summed E-state index contributed by atoms with van der Waals surface area (Å²) in [5.74, 6) is 1.48. The molecule has 1 aliphatic carbocycles. The highest BCUT2D eigenvalue weighted by molar-refractivity contribution is 9.10. The van der Waals surface area contributed by atoms with Gasteiger partial charge >= 0.3 is 0 Å². The molecule has 0 amide bonds. The summed E-state index contributed by atoms with van der Waals surface area (Å²) in [6.45, 7) is 2.87. The van der Waals surface area contributed by atoms with E-state index in [2.05, 4.69) is 42.6 Å². The molecule has 0 radical (unpaired) electrons. The van der Waals surface area contributed by atoms with Crippen molar-refractivity contribution >= 4 is 33.4 Å². The average molecular weight is 387 g/mol. The molecule has 126 valence electrons. The lowest BCUT2D eigenvalue weighted by Crippen LogP contribution is -2.09. The summed E-state index contributed by atoms with van der Waals surface area (Å²) < 4.78 is 1.01. The Morgan fingerprint density at radius 1 is 1.17 bits per heavy atom. The molecule has 0 unspecified atom stereocenters. The first-order valence-corrected chi connectivity index (χ1v) is 9.29. The standard InChI is InChI=1S/C19H23BrN4/c1-14-13-18(23-17-10-6-5-9-16(17)20)24-19(22-14)21-12-11-15-7-3-2-4-8-15/h5-7,9-10,13H,2-4,8,11-12H2,1H3,(H2,21,22,23,24). The number of nitrogens with zero attached hydrogens (tertiary/aromatic N) is 2. The monoisotopic (exact) mass is 386 g/mol. The van der Waals surface area contributed by atoms with Crippen LogP contribution in [-0.4, -0.2) is 16.5 Å². The molecule has 1 heterocycles. The Bertz CT molecular complexity index is 727. The van der Waals surface area contributed by atoms with Gasteiger partial charge in [-0.3, -0.25) is 0 Å². The molecule has 0 spiro atoms. The lowest BCUT2D eigenvalue weighted by molar-refractivity contribution is 0.679. The van der Waals surface area contributed by atoms with E-state index in [0.29, 0.717) is 5.95 Å². The van der Waals surface area contributed by atoms with Crippen molar-refractivity contribution in [2.75, 3.05) is 17.2 Å². The molecule has 3 rings (SSSR count). The van der Waals surface area contributed by atoms with E-state index in [1.54, 1.807) is 5.57 Å². The first kappa shape index (κ1) is 17.0. The van der Waals surface area contributed by atoms with E-state index in [4.69, 9.17) is 0 Å². The molecule has 0 fully saturated rings. The highest BCUT2D eigenvalue weighted by Crippen LogP contribution is 2.25. The molecule has 0 saturated carbocycles. The van der Waals surface area contributed by atoms with Crippen molar-refractivity contribution in [2.24, 2.45) is 0 Å². The van der Waals surface area contributed by atoms with Gasteiger partial charge in [-0.25, -0.2) is 4.98 Å². The summed E-state index contributed by atoms with van der Waals surface area (Å²) in [6.07, 6.45) is 8.60. The van der Waals surface area contributed by atoms with Crippen LogP contribution in [0.4, 0.5) is 17.5 Å². The van der Waals surface area contributed by atoms with Crippen molar-refractivity contribution in [2.45, 2.75) is 39.0 Å². The number of aryl methyl sites for hydroxylation is 1. The van der Waals surface area contributed by atoms with Crippen molar-refractivity contribution in [3.8, 4) is 0 Å². The molecule has 0 aliphatic heterocycles. The minimum Gasteiger partial charge on any atom is -0.354 e. The van der Waals surface area contributed by atoms with Gasteiger partial charge in [0.25, 0.3) is 0 Å². The maximum atomic E-state index is 4.58. The number of hydrogen-bond donors (Lipinski definition) is 2. The third-order valence-corrected chi connectivity index (χ3v) is 4.80. The number of nitrogens with one attached hydrogen (secondary N) is 2. The second kappa shape index (κ2) is 8.29. The van der Waals surface area contributed by atoms with E-state index in [0.717, 1.165) is 34.6 Å². The van der Waals surface area contributed by atoms with Crippen LogP contribution >= 0.6 is 15.9 Å². The number of anilines is 3. The number of allylic oxidation sites excluding steroid dienone is 1.